The molecule has 0 unspecified atom stereocenters. The van der Waals surface area contributed by atoms with Crippen LogP contribution in [-0.2, 0) is 13.1 Å². The zero-order chi connectivity index (χ0) is 12.5. The molecular formula is C13H12N4O. The van der Waals surface area contributed by atoms with E-state index in [1.54, 1.807) is 11.0 Å². The molecule has 2 N–H and O–H groups in total. The van der Waals surface area contributed by atoms with Gasteiger partial charge in [0.25, 0.3) is 5.91 Å². The van der Waals surface area contributed by atoms with Crippen molar-refractivity contribution in [3.63, 3.8) is 0 Å². The molecule has 1 aliphatic rings. The van der Waals surface area contributed by atoms with Crippen molar-refractivity contribution in [1.29, 1.82) is 0 Å². The van der Waals surface area contributed by atoms with E-state index in [1.165, 1.54) is 17.3 Å². The number of benzene rings is 1. The van der Waals surface area contributed by atoms with Gasteiger partial charge in [-0.05, 0) is 17.2 Å². The summed E-state index contributed by atoms with van der Waals surface area (Å²) in [5.74, 6) is 0.284. The van der Waals surface area contributed by atoms with E-state index in [2.05, 4.69) is 9.97 Å². The van der Waals surface area contributed by atoms with Crippen molar-refractivity contribution in [2.75, 3.05) is 5.73 Å². The second-order valence-corrected chi connectivity index (χ2v) is 4.24. The van der Waals surface area contributed by atoms with Gasteiger partial charge in [-0.15, -0.1) is 0 Å². The Morgan fingerprint density at radius 2 is 1.83 bits per heavy atom. The number of carbonyl (C=O) groups excluding carboxylic acids is 1. The van der Waals surface area contributed by atoms with Crippen molar-refractivity contribution >= 4 is 11.7 Å². The fourth-order valence-electron chi connectivity index (χ4n) is 2.09. The summed E-state index contributed by atoms with van der Waals surface area (Å²) in [4.78, 5) is 21.9. The van der Waals surface area contributed by atoms with Gasteiger partial charge in [0.2, 0.25) is 5.82 Å². The molecule has 0 atom stereocenters. The molecule has 5 nitrogen and oxygen atoms in total. The zero-order valence-corrected chi connectivity index (χ0v) is 9.71. The minimum Gasteiger partial charge on any atom is -0.384 e. The van der Waals surface area contributed by atoms with Crippen molar-refractivity contribution in [2.24, 2.45) is 0 Å². The zero-order valence-electron chi connectivity index (χ0n) is 9.71. The average molecular weight is 240 g/mol. The molecular weight excluding hydrogens is 228 g/mol. The number of hydrogen-bond acceptors (Lipinski definition) is 4. The molecule has 0 aliphatic carbocycles. The smallest absolute Gasteiger partial charge is 0.292 e. The van der Waals surface area contributed by atoms with Crippen LogP contribution in [-0.4, -0.2) is 20.8 Å². The first-order valence-corrected chi connectivity index (χ1v) is 5.68. The maximum absolute atomic E-state index is 12.2. The first-order chi connectivity index (χ1) is 8.74. The van der Waals surface area contributed by atoms with Crippen molar-refractivity contribution in [3.8, 4) is 0 Å². The molecule has 1 aromatic heterocycles. The quantitative estimate of drug-likeness (QED) is 0.813. The highest BCUT2D eigenvalue weighted by atomic mass is 16.2. The van der Waals surface area contributed by atoms with E-state index in [-0.39, 0.29) is 11.7 Å². The van der Waals surface area contributed by atoms with Crippen molar-refractivity contribution in [2.45, 2.75) is 13.1 Å². The molecule has 0 fully saturated rings. The molecule has 2 heterocycles. The van der Waals surface area contributed by atoms with Crippen LogP contribution in [0.5, 0.6) is 0 Å². The second kappa shape index (κ2) is 4.10. The molecule has 18 heavy (non-hydrogen) atoms. The summed E-state index contributed by atoms with van der Waals surface area (Å²) < 4.78 is 0. The first kappa shape index (κ1) is 10.7. The van der Waals surface area contributed by atoms with Crippen LogP contribution in [0.2, 0.25) is 0 Å². The van der Waals surface area contributed by atoms with Crippen LogP contribution < -0.4 is 5.73 Å². The normalized spacial score (nSPS) is 13.4. The molecule has 1 aliphatic heterocycles. The summed E-state index contributed by atoms with van der Waals surface area (Å²) in [7, 11) is 0. The number of nitrogens with zero attached hydrogens (tertiary/aromatic N) is 3. The maximum Gasteiger partial charge on any atom is 0.292 e. The number of fused-ring (bicyclic) bond motifs is 1. The Labute approximate surface area is 104 Å². The summed E-state index contributed by atoms with van der Waals surface area (Å²) in [6.45, 7) is 1.21. The Balaban J connectivity index is 1.84. The Kier molecular flexibility index (Phi) is 2.44. The fourth-order valence-corrected chi connectivity index (χ4v) is 2.09. The minimum atomic E-state index is -0.182. The third-order valence-electron chi connectivity index (χ3n) is 3.00. The minimum absolute atomic E-state index is 0.155. The molecule has 0 radical (unpaired) electrons. The van der Waals surface area contributed by atoms with E-state index < -0.39 is 0 Å². The van der Waals surface area contributed by atoms with E-state index >= 15 is 0 Å². The molecule has 2 aromatic rings. The molecule has 1 aromatic carbocycles. The van der Waals surface area contributed by atoms with E-state index in [9.17, 15) is 4.79 Å². The van der Waals surface area contributed by atoms with Crippen molar-refractivity contribution in [1.82, 2.24) is 14.9 Å². The van der Waals surface area contributed by atoms with Crippen LogP contribution in [0.1, 0.15) is 21.7 Å². The Morgan fingerprint density at radius 1 is 1.17 bits per heavy atom. The van der Waals surface area contributed by atoms with E-state index in [0.29, 0.717) is 18.9 Å². The monoisotopic (exact) mass is 240 g/mol. The van der Waals surface area contributed by atoms with Gasteiger partial charge in [-0.3, -0.25) is 4.79 Å². The number of anilines is 1. The molecule has 0 saturated heterocycles. The number of carbonyl (C=O) groups is 1. The summed E-state index contributed by atoms with van der Waals surface area (Å²) in [5, 5.41) is 0. The van der Waals surface area contributed by atoms with Gasteiger partial charge >= 0.3 is 0 Å². The summed E-state index contributed by atoms with van der Waals surface area (Å²) in [6, 6.07) is 9.58. The molecule has 0 spiro atoms. The molecule has 0 saturated carbocycles. The van der Waals surface area contributed by atoms with Gasteiger partial charge < -0.3 is 10.6 Å². The standard InChI is InChI=1S/C13H12N4O/c14-11-5-6-15-12(16-11)13(18)17-7-9-3-1-2-4-10(9)8-17/h1-6H,7-8H2,(H2,14,15,16). The highest BCUT2D eigenvalue weighted by molar-refractivity contribution is 5.91. The largest absolute Gasteiger partial charge is 0.384 e. The van der Waals surface area contributed by atoms with Crippen LogP contribution in [0.4, 0.5) is 5.82 Å². The van der Waals surface area contributed by atoms with Crippen LogP contribution in [0.15, 0.2) is 36.5 Å². The number of rotatable bonds is 1. The summed E-state index contributed by atoms with van der Waals surface area (Å²) in [6.07, 6.45) is 1.50. The van der Waals surface area contributed by atoms with E-state index in [0.717, 1.165) is 0 Å². The first-order valence-electron chi connectivity index (χ1n) is 5.68. The second-order valence-electron chi connectivity index (χ2n) is 4.24. The third kappa shape index (κ3) is 1.79. The third-order valence-corrected chi connectivity index (χ3v) is 3.00. The van der Waals surface area contributed by atoms with Gasteiger partial charge in [0.15, 0.2) is 0 Å². The summed E-state index contributed by atoms with van der Waals surface area (Å²) >= 11 is 0. The van der Waals surface area contributed by atoms with Crippen LogP contribution >= 0.6 is 0 Å². The lowest BCUT2D eigenvalue weighted by atomic mass is 10.1. The lowest BCUT2D eigenvalue weighted by molar-refractivity contribution is 0.0739. The molecule has 1 amide bonds. The Hall–Kier alpha value is -2.43. The molecule has 90 valence electrons. The van der Waals surface area contributed by atoms with E-state index in [4.69, 9.17) is 5.73 Å². The Morgan fingerprint density at radius 3 is 2.44 bits per heavy atom. The highest BCUT2D eigenvalue weighted by Crippen LogP contribution is 2.23. The lowest BCUT2D eigenvalue weighted by Crippen LogP contribution is -2.27. The SMILES string of the molecule is Nc1ccnc(C(=O)N2Cc3ccccc3C2)n1. The predicted molar refractivity (Wildman–Crippen MR) is 66.5 cm³/mol. The van der Waals surface area contributed by atoms with Gasteiger partial charge in [0, 0.05) is 19.3 Å². The van der Waals surface area contributed by atoms with Crippen molar-refractivity contribution in [3.05, 3.63) is 53.5 Å². The predicted octanol–water partition coefficient (Wildman–Crippen LogP) is 1.21. The number of aromatic nitrogens is 2. The van der Waals surface area contributed by atoms with Crippen LogP contribution in [0.3, 0.4) is 0 Å². The van der Waals surface area contributed by atoms with Crippen molar-refractivity contribution < 1.29 is 4.79 Å². The van der Waals surface area contributed by atoms with Gasteiger partial charge in [-0.1, -0.05) is 24.3 Å². The molecule has 0 bridgehead atoms. The van der Waals surface area contributed by atoms with Gasteiger partial charge in [-0.25, -0.2) is 9.97 Å². The summed E-state index contributed by atoms with van der Waals surface area (Å²) in [5.41, 5.74) is 7.91. The van der Waals surface area contributed by atoms with Gasteiger partial charge in [-0.2, -0.15) is 0 Å². The number of nitrogen functional groups attached to an aromatic ring is 1. The highest BCUT2D eigenvalue weighted by Gasteiger charge is 2.25. The fraction of sp³-hybridized carbons (Fsp3) is 0.154. The molecule has 3 rings (SSSR count). The average Bonchev–Trinajstić information content (AvgIpc) is 2.81. The number of nitrogens with two attached hydrogens (primary N) is 1. The van der Waals surface area contributed by atoms with Gasteiger partial charge in [0.05, 0.1) is 0 Å². The van der Waals surface area contributed by atoms with Gasteiger partial charge in [0.1, 0.15) is 5.82 Å². The van der Waals surface area contributed by atoms with Crippen LogP contribution in [0.25, 0.3) is 0 Å². The van der Waals surface area contributed by atoms with E-state index in [1.807, 2.05) is 24.3 Å². The lowest BCUT2D eigenvalue weighted by Gasteiger charge is -2.13. The number of hydrogen-bond donors (Lipinski definition) is 1. The topological polar surface area (TPSA) is 72.1 Å². The Bertz CT molecular complexity index is 586. The molecule has 5 heteroatoms. The number of amides is 1. The maximum atomic E-state index is 12.2. The van der Waals surface area contributed by atoms with Crippen LogP contribution in [0, 0.1) is 0 Å².